The third kappa shape index (κ3) is 5.94. The largest absolute Gasteiger partial charge is 0.444 e. The first-order valence-corrected chi connectivity index (χ1v) is 10.2. The van der Waals surface area contributed by atoms with E-state index in [2.05, 4.69) is 12.2 Å². The Morgan fingerprint density at radius 3 is 2.21 bits per heavy atom. The lowest BCUT2D eigenvalue weighted by atomic mass is 9.97. The molecular formula is C20H38N2O2. The van der Waals surface area contributed by atoms with Crippen molar-refractivity contribution < 1.29 is 9.53 Å². The molecule has 140 valence electrons. The van der Waals surface area contributed by atoms with Gasteiger partial charge in [-0.1, -0.05) is 39.0 Å². The fraction of sp³-hybridized carbons (Fsp3) is 0.950. The van der Waals surface area contributed by atoms with Crippen LogP contribution in [0.15, 0.2) is 0 Å². The van der Waals surface area contributed by atoms with E-state index in [9.17, 15) is 4.79 Å². The first-order chi connectivity index (χ1) is 11.4. The minimum Gasteiger partial charge on any atom is -0.444 e. The highest BCUT2D eigenvalue weighted by atomic mass is 16.6. The average Bonchev–Trinajstić information content (AvgIpc) is 2.76. The van der Waals surface area contributed by atoms with Gasteiger partial charge in [-0.3, -0.25) is 0 Å². The van der Waals surface area contributed by atoms with Gasteiger partial charge in [-0.2, -0.15) is 0 Å². The first kappa shape index (κ1) is 19.6. The number of amides is 1. The summed E-state index contributed by atoms with van der Waals surface area (Å²) in [7, 11) is 0. The molecular weight excluding hydrogens is 300 g/mol. The predicted molar refractivity (Wildman–Crippen MR) is 99.3 cm³/mol. The van der Waals surface area contributed by atoms with Crippen molar-refractivity contribution in [2.24, 2.45) is 0 Å². The quantitative estimate of drug-likeness (QED) is 0.642. The van der Waals surface area contributed by atoms with E-state index in [-0.39, 0.29) is 6.09 Å². The lowest BCUT2D eigenvalue weighted by Crippen LogP contribution is -2.52. The number of rotatable bonds is 8. The van der Waals surface area contributed by atoms with Crippen molar-refractivity contribution in [2.75, 3.05) is 6.54 Å². The molecule has 2 aliphatic heterocycles. The molecule has 24 heavy (non-hydrogen) atoms. The van der Waals surface area contributed by atoms with E-state index < -0.39 is 5.60 Å². The standard InChI is InChI=1S/C20H38N2O2/c1-5-6-7-8-9-10-13-21-16-14-17-11-12-18(15-16)22(17)19(23)24-20(2,3)4/h16-18,21H,5-15H2,1-4H3. The van der Waals surface area contributed by atoms with E-state index in [1.807, 2.05) is 25.7 Å². The van der Waals surface area contributed by atoms with Crippen LogP contribution in [0.2, 0.25) is 0 Å². The van der Waals surface area contributed by atoms with E-state index in [0.717, 1.165) is 32.2 Å². The molecule has 2 heterocycles. The molecule has 0 aromatic rings. The van der Waals surface area contributed by atoms with Crippen molar-refractivity contribution in [1.82, 2.24) is 10.2 Å². The Kier molecular flexibility index (Phi) is 7.39. The number of carbonyl (C=O) groups excluding carboxylic acids is 1. The maximum absolute atomic E-state index is 12.5. The monoisotopic (exact) mass is 338 g/mol. The number of unbranched alkanes of at least 4 members (excludes halogenated alkanes) is 5. The van der Waals surface area contributed by atoms with Gasteiger partial charge in [0, 0.05) is 18.1 Å². The molecule has 2 fully saturated rings. The normalized spacial score (nSPS) is 26.7. The van der Waals surface area contributed by atoms with Crippen LogP contribution in [0.3, 0.4) is 0 Å². The number of piperidine rings is 1. The van der Waals surface area contributed by atoms with E-state index in [1.54, 1.807) is 0 Å². The highest BCUT2D eigenvalue weighted by Gasteiger charge is 2.44. The molecule has 1 amide bonds. The molecule has 2 unspecified atom stereocenters. The first-order valence-electron chi connectivity index (χ1n) is 10.2. The van der Waals surface area contributed by atoms with Crippen LogP contribution < -0.4 is 5.32 Å². The van der Waals surface area contributed by atoms with Crippen LogP contribution in [0.1, 0.15) is 91.9 Å². The van der Waals surface area contributed by atoms with Crippen molar-refractivity contribution >= 4 is 6.09 Å². The molecule has 4 heteroatoms. The molecule has 0 aromatic carbocycles. The summed E-state index contributed by atoms with van der Waals surface area (Å²) in [5, 5.41) is 3.74. The number of fused-ring (bicyclic) bond motifs is 2. The fourth-order valence-corrected chi connectivity index (χ4v) is 4.17. The van der Waals surface area contributed by atoms with Crippen molar-refractivity contribution in [1.29, 1.82) is 0 Å². The van der Waals surface area contributed by atoms with Crippen molar-refractivity contribution in [2.45, 2.75) is 116 Å². The van der Waals surface area contributed by atoms with Gasteiger partial charge < -0.3 is 15.0 Å². The van der Waals surface area contributed by atoms with E-state index in [0.29, 0.717) is 18.1 Å². The summed E-state index contributed by atoms with van der Waals surface area (Å²) in [6.07, 6.45) is 12.4. The highest BCUT2D eigenvalue weighted by Crippen LogP contribution is 2.36. The van der Waals surface area contributed by atoms with Gasteiger partial charge in [0.1, 0.15) is 5.60 Å². The fourth-order valence-electron chi connectivity index (χ4n) is 4.17. The van der Waals surface area contributed by atoms with Crippen LogP contribution in [0.5, 0.6) is 0 Å². The summed E-state index contributed by atoms with van der Waals surface area (Å²) >= 11 is 0. The van der Waals surface area contributed by atoms with Crippen molar-refractivity contribution in [3.05, 3.63) is 0 Å². The number of nitrogens with zero attached hydrogens (tertiary/aromatic N) is 1. The molecule has 0 aromatic heterocycles. The Balaban J connectivity index is 1.68. The number of nitrogens with one attached hydrogen (secondary N) is 1. The zero-order valence-corrected chi connectivity index (χ0v) is 16.3. The molecule has 2 aliphatic rings. The van der Waals surface area contributed by atoms with Gasteiger partial charge in [0.2, 0.25) is 0 Å². The van der Waals surface area contributed by atoms with E-state index in [1.165, 1.54) is 38.5 Å². The Morgan fingerprint density at radius 2 is 1.62 bits per heavy atom. The zero-order chi connectivity index (χ0) is 17.6. The van der Waals surface area contributed by atoms with E-state index >= 15 is 0 Å². The highest BCUT2D eigenvalue weighted by molar-refractivity contribution is 5.69. The van der Waals surface area contributed by atoms with Crippen LogP contribution in [-0.4, -0.2) is 41.3 Å². The number of hydrogen-bond donors (Lipinski definition) is 1. The molecule has 0 saturated carbocycles. The van der Waals surface area contributed by atoms with Gasteiger partial charge in [0.15, 0.2) is 0 Å². The van der Waals surface area contributed by atoms with Crippen LogP contribution >= 0.6 is 0 Å². The zero-order valence-electron chi connectivity index (χ0n) is 16.3. The Bertz CT molecular complexity index is 378. The molecule has 0 aliphatic carbocycles. The van der Waals surface area contributed by atoms with Gasteiger partial charge in [-0.25, -0.2) is 4.79 Å². The Hall–Kier alpha value is -0.770. The maximum Gasteiger partial charge on any atom is 0.410 e. The molecule has 2 atom stereocenters. The lowest BCUT2D eigenvalue weighted by molar-refractivity contribution is 0.00474. The van der Waals surface area contributed by atoms with Gasteiger partial charge in [-0.15, -0.1) is 0 Å². The number of carbonyl (C=O) groups is 1. The number of hydrogen-bond acceptors (Lipinski definition) is 3. The smallest absolute Gasteiger partial charge is 0.410 e. The molecule has 2 bridgehead atoms. The molecule has 2 saturated heterocycles. The van der Waals surface area contributed by atoms with Gasteiger partial charge in [-0.05, 0) is 59.4 Å². The van der Waals surface area contributed by atoms with Gasteiger partial charge in [0.05, 0.1) is 0 Å². The Labute approximate surface area is 148 Å². The number of ether oxygens (including phenoxy) is 1. The Morgan fingerprint density at radius 1 is 1.04 bits per heavy atom. The van der Waals surface area contributed by atoms with Gasteiger partial charge in [0.25, 0.3) is 0 Å². The second-order valence-electron chi connectivity index (χ2n) is 8.66. The topological polar surface area (TPSA) is 41.6 Å². The predicted octanol–water partition coefficient (Wildman–Crippen LogP) is 4.87. The summed E-state index contributed by atoms with van der Waals surface area (Å²) in [5.74, 6) is 0. The average molecular weight is 339 g/mol. The molecule has 2 rings (SSSR count). The van der Waals surface area contributed by atoms with Crippen LogP contribution in [0, 0.1) is 0 Å². The van der Waals surface area contributed by atoms with Crippen LogP contribution in [-0.2, 0) is 4.74 Å². The SMILES string of the molecule is CCCCCCCCNC1CC2CCC(C1)N2C(=O)OC(C)(C)C. The summed E-state index contributed by atoms with van der Waals surface area (Å²) in [6, 6.07) is 1.33. The summed E-state index contributed by atoms with van der Waals surface area (Å²) < 4.78 is 5.61. The van der Waals surface area contributed by atoms with Crippen LogP contribution in [0.4, 0.5) is 4.79 Å². The van der Waals surface area contributed by atoms with E-state index in [4.69, 9.17) is 4.74 Å². The molecule has 0 radical (unpaired) electrons. The minimum atomic E-state index is -0.399. The van der Waals surface area contributed by atoms with Crippen molar-refractivity contribution in [3.8, 4) is 0 Å². The second-order valence-corrected chi connectivity index (χ2v) is 8.66. The van der Waals surface area contributed by atoms with Crippen LogP contribution in [0.25, 0.3) is 0 Å². The summed E-state index contributed by atoms with van der Waals surface area (Å²) in [5.41, 5.74) is -0.399. The molecule has 1 N–H and O–H groups in total. The van der Waals surface area contributed by atoms with Gasteiger partial charge >= 0.3 is 6.09 Å². The lowest BCUT2D eigenvalue weighted by Gasteiger charge is -2.39. The van der Waals surface area contributed by atoms with Crippen molar-refractivity contribution in [3.63, 3.8) is 0 Å². The third-order valence-corrected chi connectivity index (χ3v) is 5.30. The third-order valence-electron chi connectivity index (χ3n) is 5.30. The summed E-state index contributed by atoms with van der Waals surface area (Å²) in [4.78, 5) is 14.5. The molecule has 4 nitrogen and oxygen atoms in total. The minimum absolute atomic E-state index is 0.107. The summed E-state index contributed by atoms with van der Waals surface area (Å²) in [6.45, 7) is 9.23. The maximum atomic E-state index is 12.5. The second kappa shape index (κ2) is 9.07. The molecule has 0 spiro atoms.